The van der Waals surface area contributed by atoms with Crippen molar-refractivity contribution in [3.63, 3.8) is 0 Å². The van der Waals surface area contributed by atoms with E-state index < -0.39 is 0 Å². The van der Waals surface area contributed by atoms with Crippen molar-refractivity contribution in [1.29, 1.82) is 0 Å². The van der Waals surface area contributed by atoms with Crippen LogP contribution in [0.1, 0.15) is 23.5 Å². The first-order valence-electron chi connectivity index (χ1n) is 4.29. The highest BCUT2D eigenvalue weighted by Crippen LogP contribution is 2.14. The molecule has 0 atom stereocenters. The monoisotopic (exact) mass is 244 g/mol. The van der Waals surface area contributed by atoms with Crippen molar-refractivity contribution in [2.24, 2.45) is 11.1 Å². The highest BCUT2D eigenvalue weighted by atomic mass is 32.1. The topological polar surface area (TPSA) is 80.9 Å². The largest absolute Gasteiger partial charge is 0.393 e. The molecule has 0 aromatic carbocycles. The number of amides is 1. The van der Waals surface area contributed by atoms with E-state index in [4.69, 9.17) is 18.0 Å². The fraction of sp³-hybridized carbons (Fsp3) is 0.500. The van der Waals surface area contributed by atoms with Crippen molar-refractivity contribution in [2.75, 3.05) is 6.54 Å². The van der Waals surface area contributed by atoms with Gasteiger partial charge < -0.3 is 11.1 Å². The van der Waals surface area contributed by atoms with Crippen LogP contribution < -0.4 is 11.1 Å². The molecule has 0 unspecified atom stereocenters. The molecule has 1 aromatic rings. The maximum absolute atomic E-state index is 11.5. The molecular formula is C8H12N4OS2. The molecule has 5 nitrogen and oxygen atoms in total. The Morgan fingerprint density at radius 1 is 1.73 bits per heavy atom. The van der Waals surface area contributed by atoms with Crippen LogP contribution in [0.4, 0.5) is 0 Å². The quantitative estimate of drug-likeness (QED) is 0.757. The molecule has 0 aliphatic carbocycles. The van der Waals surface area contributed by atoms with E-state index in [1.807, 2.05) is 13.8 Å². The van der Waals surface area contributed by atoms with Gasteiger partial charge in [0.05, 0.1) is 11.2 Å². The molecule has 0 saturated heterocycles. The molecule has 3 N–H and O–H groups in total. The summed E-state index contributed by atoms with van der Waals surface area (Å²) in [5, 5.41) is 6.31. The highest BCUT2D eigenvalue weighted by molar-refractivity contribution is 7.80. The molecule has 7 heteroatoms. The van der Waals surface area contributed by atoms with Crippen molar-refractivity contribution < 1.29 is 4.79 Å². The molecule has 0 aliphatic rings. The number of nitrogens with zero attached hydrogens (tertiary/aromatic N) is 2. The van der Waals surface area contributed by atoms with Gasteiger partial charge in [-0.15, -0.1) is 5.10 Å². The number of carbonyl (C=O) groups is 1. The van der Waals surface area contributed by atoms with Crippen molar-refractivity contribution in [3.8, 4) is 0 Å². The van der Waals surface area contributed by atoms with Gasteiger partial charge in [0.15, 0.2) is 0 Å². The summed E-state index contributed by atoms with van der Waals surface area (Å²) in [6.07, 6.45) is 1.42. The van der Waals surface area contributed by atoms with E-state index in [-0.39, 0.29) is 11.3 Å². The second kappa shape index (κ2) is 4.63. The molecule has 15 heavy (non-hydrogen) atoms. The summed E-state index contributed by atoms with van der Waals surface area (Å²) in [5.74, 6) is -0.200. The number of hydrogen-bond donors (Lipinski definition) is 2. The van der Waals surface area contributed by atoms with Crippen LogP contribution in [0.25, 0.3) is 0 Å². The molecule has 0 bridgehead atoms. The Kier molecular flexibility index (Phi) is 3.70. The lowest BCUT2D eigenvalue weighted by molar-refractivity contribution is 0.0949. The molecule has 0 saturated carbocycles. The Balaban J connectivity index is 2.51. The van der Waals surface area contributed by atoms with Crippen LogP contribution in [0.15, 0.2) is 6.20 Å². The van der Waals surface area contributed by atoms with Crippen LogP contribution in [-0.2, 0) is 0 Å². The van der Waals surface area contributed by atoms with E-state index in [9.17, 15) is 4.79 Å². The van der Waals surface area contributed by atoms with Crippen LogP contribution in [0.2, 0.25) is 0 Å². The summed E-state index contributed by atoms with van der Waals surface area (Å²) < 4.78 is 3.60. The normalized spacial score (nSPS) is 11.1. The van der Waals surface area contributed by atoms with Gasteiger partial charge in [0.1, 0.15) is 4.88 Å². The summed E-state index contributed by atoms with van der Waals surface area (Å²) >= 11 is 5.94. The van der Waals surface area contributed by atoms with Gasteiger partial charge in [-0.2, -0.15) is 0 Å². The first-order chi connectivity index (χ1) is 6.93. The van der Waals surface area contributed by atoms with Gasteiger partial charge in [-0.05, 0) is 11.5 Å². The highest BCUT2D eigenvalue weighted by Gasteiger charge is 2.22. The van der Waals surface area contributed by atoms with Crippen LogP contribution in [0, 0.1) is 5.41 Å². The lowest BCUT2D eigenvalue weighted by Crippen LogP contribution is -2.41. The van der Waals surface area contributed by atoms with Gasteiger partial charge in [-0.1, -0.05) is 30.6 Å². The number of aromatic nitrogens is 2. The maximum Gasteiger partial charge on any atom is 0.264 e. The van der Waals surface area contributed by atoms with Crippen molar-refractivity contribution in [1.82, 2.24) is 14.9 Å². The predicted molar refractivity (Wildman–Crippen MR) is 62.8 cm³/mol. The number of carbonyl (C=O) groups excluding carboxylic acids is 1. The van der Waals surface area contributed by atoms with Crippen molar-refractivity contribution in [2.45, 2.75) is 13.8 Å². The minimum Gasteiger partial charge on any atom is -0.393 e. The SMILES string of the molecule is CC(C)(CNC(=O)c1cnns1)C(N)=S. The van der Waals surface area contributed by atoms with E-state index in [1.165, 1.54) is 6.20 Å². The molecule has 0 radical (unpaired) electrons. The molecule has 0 fully saturated rings. The van der Waals surface area contributed by atoms with Gasteiger partial charge in [-0.25, -0.2) is 0 Å². The third kappa shape index (κ3) is 3.21. The summed E-state index contributed by atoms with van der Waals surface area (Å²) in [5.41, 5.74) is 5.15. The number of thiocarbonyl (C=S) groups is 1. The minimum atomic E-state index is -0.386. The number of hydrogen-bond acceptors (Lipinski definition) is 5. The standard InChI is InChI=1S/C8H12N4OS2/c1-8(2,7(9)14)4-10-6(13)5-3-11-12-15-5/h3H,4H2,1-2H3,(H2,9,14)(H,10,13). The Bertz CT molecular complexity index is 361. The first-order valence-corrected chi connectivity index (χ1v) is 5.47. The van der Waals surface area contributed by atoms with Crippen molar-refractivity contribution >= 4 is 34.6 Å². The fourth-order valence-corrected chi connectivity index (χ4v) is 1.25. The number of nitrogens with one attached hydrogen (secondary N) is 1. The molecule has 1 heterocycles. The summed E-state index contributed by atoms with van der Waals surface area (Å²) in [6, 6.07) is 0. The Hall–Kier alpha value is -1.08. The second-order valence-corrected chi connectivity index (χ2v) is 4.94. The zero-order valence-corrected chi connectivity index (χ0v) is 10.1. The number of rotatable bonds is 4. The molecule has 1 rings (SSSR count). The van der Waals surface area contributed by atoms with E-state index in [0.717, 1.165) is 11.5 Å². The maximum atomic E-state index is 11.5. The lowest BCUT2D eigenvalue weighted by Gasteiger charge is -2.22. The van der Waals surface area contributed by atoms with E-state index in [2.05, 4.69) is 14.9 Å². The van der Waals surface area contributed by atoms with Gasteiger partial charge in [-0.3, -0.25) is 4.79 Å². The zero-order valence-electron chi connectivity index (χ0n) is 8.48. The predicted octanol–water partition coefficient (Wildman–Crippen LogP) is 0.580. The third-order valence-electron chi connectivity index (χ3n) is 1.94. The molecule has 0 aliphatic heterocycles. The van der Waals surface area contributed by atoms with E-state index in [1.54, 1.807) is 0 Å². The smallest absolute Gasteiger partial charge is 0.264 e. The summed E-state index contributed by atoms with van der Waals surface area (Å²) in [6.45, 7) is 4.15. The van der Waals surface area contributed by atoms with Crippen LogP contribution in [0.3, 0.4) is 0 Å². The van der Waals surface area contributed by atoms with E-state index >= 15 is 0 Å². The van der Waals surface area contributed by atoms with Gasteiger partial charge in [0.2, 0.25) is 0 Å². The minimum absolute atomic E-state index is 0.200. The summed E-state index contributed by atoms with van der Waals surface area (Å²) in [7, 11) is 0. The van der Waals surface area contributed by atoms with Crippen LogP contribution >= 0.6 is 23.8 Å². The van der Waals surface area contributed by atoms with Gasteiger partial charge in [0.25, 0.3) is 5.91 Å². The molecule has 82 valence electrons. The molecule has 1 aromatic heterocycles. The Morgan fingerprint density at radius 3 is 2.87 bits per heavy atom. The average Bonchev–Trinajstić information content (AvgIpc) is 2.66. The first kappa shape index (κ1) is 12.0. The van der Waals surface area contributed by atoms with Gasteiger partial charge in [0, 0.05) is 12.0 Å². The Labute approximate surface area is 97.2 Å². The lowest BCUT2D eigenvalue weighted by atomic mass is 9.94. The molecular weight excluding hydrogens is 232 g/mol. The molecule has 0 spiro atoms. The summed E-state index contributed by atoms with van der Waals surface area (Å²) in [4.78, 5) is 12.4. The third-order valence-corrected chi connectivity index (χ3v) is 3.16. The fourth-order valence-electron chi connectivity index (χ4n) is 0.743. The van der Waals surface area contributed by atoms with Gasteiger partial charge >= 0.3 is 0 Å². The molecule has 1 amide bonds. The van der Waals surface area contributed by atoms with Crippen LogP contribution in [-0.4, -0.2) is 27.0 Å². The average molecular weight is 244 g/mol. The van der Waals surface area contributed by atoms with Crippen LogP contribution in [0.5, 0.6) is 0 Å². The van der Waals surface area contributed by atoms with Crippen molar-refractivity contribution in [3.05, 3.63) is 11.1 Å². The van der Waals surface area contributed by atoms with E-state index in [0.29, 0.717) is 16.4 Å². The second-order valence-electron chi connectivity index (χ2n) is 3.71. The Morgan fingerprint density at radius 2 is 2.40 bits per heavy atom. The zero-order chi connectivity index (χ0) is 11.5. The number of nitrogens with two attached hydrogens (primary N) is 1.